The lowest BCUT2D eigenvalue weighted by atomic mass is 9.92. The van der Waals surface area contributed by atoms with E-state index in [2.05, 4.69) is 10.5 Å². The molecule has 0 spiro atoms. The molecule has 3 N–H and O–H groups in total. The number of hydrogen-bond donors (Lipinski definition) is 2. The van der Waals surface area contributed by atoms with Gasteiger partial charge in [-0.25, -0.2) is 0 Å². The van der Waals surface area contributed by atoms with Gasteiger partial charge in [0.1, 0.15) is 5.76 Å². The Morgan fingerprint density at radius 3 is 2.58 bits per heavy atom. The number of carbonyl (C=O) groups excluding carboxylic acids is 1. The first-order valence-electron chi connectivity index (χ1n) is 6.75. The SMILES string of the molecule is Cl.NC1CCC(NC(=O)c2cc(C3CC3)on2)CC1. The van der Waals surface area contributed by atoms with Crippen molar-refractivity contribution in [3.05, 3.63) is 17.5 Å². The number of carbonyl (C=O) groups is 1. The Bertz CT molecular complexity index is 437. The summed E-state index contributed by atoms with van der Waals surface area (Å²) in [6.45, 7) is 0. The Labute approximate surface area is 118 Å². The average molecular weight is 286 g/mol. The van der Waals surface area contributed by atoms with Crippen LogP contribution in [0.1, 0.15) is 60.7 Å². The van der Waals surface area contributed by atoms with Crippen LogP contribution in [0.3, 0.4) is 0 Å². The van der Waals surface area contributed by atoms with Crippen LogP contribution < -0.4 is 11.1 Å². The molecule has 5 nitrogen and oxygen atoms in total. The molecule has 0 unspecified atom stereocenters. The number of amides is 1. The third kappa shape index (κ3) is 3.48. The van der Waals surface area contributed by atoms with Crippen LogP contribution in [-0.4, -0.2) is 23.1 Å². The van der Waals surface area contributed by atoms with Gasteiger partial charge in [0, 0.05) is 24.1 Å². The van der Waals surface area contributed by atoms with Crippen LogP contribution in [-0.2, 0) is 0 Å². The maximum absolute atomic E-state index is 12.0. The number of halogens is 1. The number of rotatable bonds is 3. The molecule has 2 aliphatic rings. The fourth-order valence-corrected chi connectivity index (χ4v) is 2.48. The van der Waals surface area contributed by atoms with E-state index in [-0.39, 0.29) is 24.4 Å². The Kier molecular flexibility index (Phi) is 4.47. The highest BCUT2D eigenvalue weighted by molar-refractivity contribution is 5.92. The van der Waals surface area contributed by atoms with Crippen LogP contribution >= 0.6 is 12.4 Å². The smallest absolute Gasteiger partial charge is 0.273 e. The van der Waals surface area contributed by atoms with E-state index in [4.69, 9.17) is 10.3 Å². The second kappa shape index (κ2) is 5.92. The maximum Gasteiger partial charge on any atom is 0.273 e. The van der Waals surface area contributed by atoms with E-state index in [1.54, 1.807) is 6.07 Å². The van der Waals surface area contributed by atoms with Gasteiger partial charge in [-0.1, -0.05) is 5.16 Å². The molecule has 1 amide bonds. The Hall–Kier alpha value is -1.07. The van der Waals surface area contributed by atoms with Crippen molar-refractivity contribution in [2.75, 3.05) is 0 Å². The molecule has 0 aliphatic heterocycles. The fourth-order valence-electron chi connectivity index (χ4n) is 2.48. The molecule has 1 heterocycles. The zero-order valence-corrected chi connectivity index (χ0v) is 11.6. The number of nitrogens with one attached hydrogen (secondary N) is 1. The molecular weight excluding hydrogens is 266 g/mol. The summed E-state index contributed by atoms with van der Waals surface area (Å²) >= 11 is 0. The van der Waals surface area contributed by atoms with Crippen molar-refractivity contribution in [3.8, 4) is 0 Å². The van der Waals surface area contributed by atoms with Crippen molar-refractivity contribution in [1.29, 1.82) is 0 Å². The number of hydrogen-bond acceptors (Lipinski definition) is 4. The zero-order valence-electron chi connectivity index (χ0n) is 10.8. The van der Waals surface area contributed by atoms with Gasteiger partial charge >= 0.3 is 0 Å². The van der Waals surface area contributed by atoms with E-state index in [1.807, 2.05) is 0 Å². The first-order valence-corrected chi connectivity index (χ1v) is 6.75. The standard InChI is InChI=1S/C13H19N3O2.ClH/c14-9-3-5-10(6-4-9)15-13(17)11-7-12(18-16-11)8-1-2-8;/h7-10H,1-6,14H2,(H,15,17);1H. The number of nitrogens with zero attached hydrogens (tertiary/aromatic N) is 1. The molecule has 0 bridgehead atoms. The lowest BCUT2D eigenvalue weighted by Crippen LogP contribution is -2.40. The zero-order chi connectivity index (χ0) is 12.5. The van der Waals surface area contributed by atoms with Gasteiger partial charge in [-0.3, -0.25) is 4.79 Å². The van der Waals surface area contributed by atoms with Gasteiger partial charge in [0.15, 0.2) is 5.69 Å². The minimum Gasteiger partial charge on any atom is -0.360 e. The first-order chi connectivity index (χ1) is 8.72. The van der Waals surface area contributed by atoms with E-state index in [9.17, 15) is 4.79 Å². The Balaban J connectivity index is 0.00000133. The molecule has 1 aromatic rings. The number of aromatic nitrogens is 1. The van der Waals surface area contributed by atoms with Gasteiger partial charge in [0.25, 0.3) is 5.91 Å². The van der Waals surface area contributed by atoms with E-state index < -0.39 is 0 Å². The van der Waals surface area contributed by atoms with Crippen molar-refractivity contribution >= 4 is 18.3 Å². The van der Waals surface area contributed by atoms with Crippen molar-refractivity contribution in [2.24, 2.45) is 5.73 Å². The van der Waals surface area contributed by atoms with Gasteiger partial charge in [-0.15, -0.1) is 12.4 Å². The molecule has 6 heteroatoms. The minimum absolute atomic E-state index is 0. The van der Waals surface area contributed by atoms with Crippen LogP contribution in [0, 0.1) is 0 Å². The van der Waals surface area contributed by atoms with Crippen molar-refractivity contribution in [2.45, 2.75) is 56.5 Å². The second-order valence-corrected chi connectivity index (χ2v) is 5.47. The molecule has 3 rings (SSSR count). The van der Waals surface area contributed by atoms with Crippen LogP contribution in [0.15, 0.2) is 10.6 Å². The summed E-state index contributed by atoms with van der Waals surface area (Å²) in [5.74, 6) is 1.23. The molecule has 0 aromatic carbocycles. The molecule has 0 atom stereocenters. The summed E-state index contributed by atoms with van der Waals surface area (Å²) in [6, 6.07) is 2.31. The average Bonchev–Trinajstić information content (AvgIpc) is 3.10. The normalized spacial score (nSPS) is 26.6. The quantitative estimate of drug-likeness (QED) is 0.890. The van der Waals surface area contributed by atoms with Gasteiger partial charge in [0.2, 0.25) is 0 Å². The van der Waals surface area contributed by atoms with Gasteiger partial charge in [-0.05, 0) is 38.5 Å². The highest BCUT2D eigenvalue weighted by atomic mass is 35.5. The van der Waals surface area contributed by atoms with Crippen LogP contribution in [0.5, 0.6) is 0 Å². The van der Waals surface area contributed by atoms with E-state index in [1.165, 1.54) is 0 Å². The molecule has 2 saturated carbocycles. The summed E-state index contributed by atoms with van der Waals surface area (Å²) in [5, 5.41) is 6.86. The summed E-state index contributed by atoms with van der Waals surface area (Å²) < 4.78 is 5.19. The monoisotopic (exact) mass is 285 g/mol. The molecule has 1 aromatic heterocycles. The minimum atomic E-state index is -0.119. The van der Waals surface area contributed by atoms with Gasteiger partial charge < -0.3 is 15.6 Å². The van der Waals surface area contributed by atoms with E-state index >= 15 is 0 Å². The summed E-state index contributed by atoms with van der Waals surface area (Å²) in [5.41, 5.74) is 6.25. The van der Waals surface area contributed by atoms with Crippen LogP contribution in [0.2, 0.25) is 0 Å². The lowest BCUT2D eigenvalue weighted by Gasteiger charge is -2.26. The summed E-state index contributed by atoms with van der Waals surface area (Å²) in [6.07, 6.45) is 6.18. The maximum atomic E-state index is 12.0. The third-order valence-corrected chi connectivity index (χ3v) is 3.85. The van der Waals surface area contributed by atoms with Gasteiger partial charge in [-0.2, -0.15) is 0 Å². The van der Waals surface area contributed by atoms with Crippen LogP contribution in [0.25, 0.3) is 0 Å². The molecule has 106 valence electrons. The van der Waals surface area contributed by atoms with E-state index in [0.29, 0.717) is 17.7 Å². The molecule has 2 fully saturated rings. The molecular formula is C13H20ClN3O2. The molecule has 19 heavy (non-hydrogen) atoms. The lowest BCUT2D eigenvalue weighted by molar-refractivity contribution is 0.0916. The highest BCUT2D eigenvalue weighted by Crippen LogP contribution is 2.40. The first kappa shape index (κ1) is 14.3. The Morgan fingerprint density at radius 2 is 1.95 bits per heavy atom. The van der Waals surface area contributed by atoms with E-state index in [0.717, 1.165) is 44.3 Å². The van der Waals surface area contributed by atoms with Crippen molar-refractivity contribution in [3.63, 3.8) is 0 Å². The molecule has 0 saturated heterocycles. The van der Waals surface area contributed by atoms with Crippen LogP contribution in [0.4, 0.5) is 0 Å². The third-order valence-electron chi connectivity index (χ3n) is 3.85. The molecule has 0 radical (unpaired) electrons. The molecule has 2 aliphatic carbocycles. The highest BCUT2D eigenvalue weighted by Gasteiger charge is 2.29. The van der Waals surface area contributed by atoms with Crippen molar-refractivity contribution in [1.82, 2.24) is 10.5 Å². The Morgan fingerprint density at radius 1 is 1.26 bits per heavy atom. The predicted octanol–water partition coefficient (Wildman–Crippen LogP) is 1.97. The summed E-state index contributed by atoms with van der Waals surface area (Å²) in [4.78, 5) is 12.0. The van der Waals surface area contributed by atoms with Crippen molar-refractivity contribution < 1.29 is 9.32 Å². The summed E-state index contributed by atoms with van der Waals surface area (Å²) in [7, 11) is 0. The fraction of sp³-hybridized carbons (Fsp3) is 0.692. The predicted molar refractivity (Wildman–Crippen MR) is 73.4 cm³/mol. The largest absolute Gasteiger partial charge is 0.360 e. The number of nitrogens with two attached hydrogens (primary N) is 1. The van der Waals surface area contributed by atoms with Gasteiger partial charge in [0.05, 0.1) is 0 Å². The topological polar surface area (TPSA) is 81.1 Å². The second-order valence-electron chi connectivity index (χ2n) is 5.47.